The van der Waals surface area contributed by atoms with Crippen molar-refractivity contribution in [2.24, 2.45) is 0 Å². The topological polar surface area (TPSA) is 54.9 Å². The first-order chi connectivity index (χ1) is 12.2. The molecule has 0 aliphatic carbocycles. The molecule has 0 saturated heterocycles. The SMILES string of the molecule is CSc1ncc(C(=O)NCc2ccccc2F)c(-c2ccccc2)n1. The number of carbonyl (C=O) groups is 1. The van der Waals surface area contributed by atoms with E-state index in [9.17, 15) is 9.18 Å². The van der Waals surface area contributed by atoms with E-state index in [4.69, 9.17) is 0 Å². The Morgan fingerprint density at radius 2 is 1.84 bits per heavy atom. The van der Waals surface area contributed by atoms with Crippen LogP contribution in [0.2, 0.25) is 0 Å². The second-order valence-corrected chi connectivity index (χ2v) is 6.03. The molecule has 0 aliphatic rings. The number of nitrogens with one attached hydrogen (secondary N) is 1. The third kappa shape index (κ3) is 4.03. The fraction of sp³-hybridized carbons (Fsp3) is 0.105. The molecule has 126 valence electrons. The number of hydrogen-bond donors (Lipinski definition) is 1. The molecule has 3 aromatic rings. The van der Waals surface area contributed by atoms with Crippen molar-refractivity contribution < 1.29 is 9.18 Å². The van der Waals surface area contributed by atoms with Gasteiger partial charge in [-0.05, 0) is 12.3 Å². The van der Waals surface area contributed by atoms with Crippen LogP contribution in [0.5, 0.6) is 0 Å². The van der Waals surface area contributed by atoms with E-state index in [0.29, 0.717) is 22.0 Å². The fourth-order valence-electron chi connectivity index (χ4n) is 2.36. The van der Waals surface area contributed by atoms with Crippen LogP contribution in [0.4, 0.5) is 4.39 Å². The number of aromatic nitrogens is 2. The highest BCUT2D eigenvalue weighted by Gasteiger charge is 2.16. The van der Waals surface area contributed by atoms with Gasteiger partial charge in [0.2, 0.25) is 0 Å². The van der Waals surface area contributed by atoms with Gasteiger partial charge in [0.25, 0.3) is 5.91 Å². The zero-order valence-corrected chi connectivity index (χ0v) is 14.4. The third-order valence-corrected chi connectivity index (χ3v) is 4.20. The van der Waals surface area contributed by atoms with Gasteiger partial charge in [-0.2, -0.15) is 0 Å². The molecule has 1 N–H and O–H groups in total. The Morgan fingerprint density at radius 3 is 2.56 bits per heavy atom. The molecule has 0 fully saturated rings. The van der Waals surface area contributed by atoms with E-state index >= 15 is 0 Å². The molecule has 0 saturated carbocycles. The van der Waals surface area contributed by atoms with Crippen LogP contribution < -0.4 is 5.32 Å². The predicted molar refractivity (Wildman–Crippen MR) is 96.8 cm³/mol. The first kappa shape index (κ1) is 17.1. The van der Waals surface area contributed by atoms with Crippen LogP contribution in [-0.2, 0) is 6.54 Å². The molecule has 0 radical (unpaired) electrons. The summed E-state index contributed by atoms with van der Waals surface area (Å²) in [5, 5.41) is 3.33. The number of amides is 1. The molecule has 0 bridgehead atoms. The summed E-state index contributed by atoms with van der Waals surface area (Å²) in [6.45, 7) is 0.101. The molecule has 0 aliphatic heterocycles. The minimum absolute atomic E-state index is 0.101. The van der Waals surface area contributed by atoms with Crippen LogP contribution in [-0.4, -0.2) is 22.1 Å². The number of carbonyl (C=O) groups excluding carboxylic acids is 1. The van der Waals surface area contributed by atoms with E-state index < -0.39 is 0 Å². The molecule has 0 spiro atoms. The van der Waals surface area contributed by atoms with Gasteiger partial charge in [0, 0.05) is 23.9 Å². The maximum absolute atomic E-state index is 13.7. The van der Waals surface area contributed by atoms with E-state index in [-0.39, 0.29) is 18.3 Å². The van der Waals surface area contributed by atoms with Crippen molar-refractivity contribution in [1.29, 1.82) is 0 Å². The van der Waals surface area contributed by atoms with Crippen molar-refractivity contribution in [3.8, 4) is 11.3 Å². The first-order valence-corrected chi connectivity index (χ1v) is 8.89. The lowest BCUT2D eigenvalue weighted by Gasteiger charge is -2.11. The minimum Gasteiger partial charge on any atom is -0.348 e. The standard InChI is InChI=1S/C19H16FN3OS/c1-25-19-22-12-15(17(23-19)13-7-3-2-4-8-13)18(24)21-11-14-9-5-6-10-16(14)20/h2-10,12H,11H2,1H3,(H,21,24). The summed E-state index contributed by atoms with van der Waals surface area (Å²) in [6.07, 6.45) is 3.39. The first-order valence-electron chi connectivity index (χ1n) is 7.67. The zero-order valence-electron chi connectivity index (χ0n) is 13.6. The molecular weight excluding hydrogens is 337 g/mol. The Hall–Kier alpha value is -2.73. The Bertz CT molecular complexity index is 887. The number of hydrogen-bond acceptors (Lipinski definition) is 4. The van der Waals surface area contributed by atoms with E-state index in [2.05, 4.69) is 15.3 Å². The molecule has 0 unspecified atom stereocenters. The van der Waals surface area contributed by atoms with Crippen molar-refractivity contribution >= 4 is 17.7 Å². The van der Waals surface area contributed by atoms with Crippen molar-refractivity contribution in [3.05, 3.63) is 77.7 Å². The van der Waals surface area contributed by atoms with Crippen molar-refractivity contribution in [1.82, 2.24) is 15.3 Å². The highest BCUT2D eigenvalue weighted by molar-refractivity contribution is 7.98. The van der Waals surface area contributed by atoms with Gasteiger partial charge in [0.1, 0.15) is 5.82 Å². The minimum atomic E-state index is -0.347. The van der Waals surface area contributed by atoms with Crippen LogP contribution in [0.1, 0.15) is 15.9 Å². The summed E-state index contributed by atoms with van der Waals surface area (Å²) in [5.74, 6) is -0.685. The predicted octanol–water partition coefficient (Wildman–Crippen LogP) is 3.93. The molecular formula is C19H16FN3OS. The highest BCUT2D eigenvalue weighted by Crippen LogP contribution is 2.23. The van der Waals surface area contributed by atoms with Crippen molar-refractivity contribution in [2.75, 3.05) is 6.26 Å². The van der Waals surface area contributed by atoms with Crippen LogP contribution in [0.3, 0.4) is 0 Å². The Morgan fingerprint density at radius 1 is 1.12 bits per heavy atom. The van der Waals surface area contributed by atoms with Crippen molar-refractivity contribution in [2.45, 2.75) is 11.7 Å². The normalized spacial score (nSPS) is 10.5. The van der Waals surface area contributed by atoms with Crippen LogP contribution in [0, 0.1) is 5.82 Å². The zero-order chi connectivity index (χ0) is 17.6. The van der Waals surface area contributed by atoms with Gasteiger partial charge in [0.05, 0.1) is 11.3 Å². The molecule has 1 heterocycles. The molecule has 0 atom stereocenters. The Balaban J connectivity index is 1.88. The monoisotopic (exact) mass is 353 g/mol. The van der Waals surface area contributed by atoms with E-state index in [1.165, 1.54) is 24.0 Å². The van der Waals surface area contributed by atoms with Gasteiger partial charge < -0.3 is 5.32 Å². The lowest BCUT2D eigenvalue weighted by atomic mass is 10.1. The average molecular weight is 353 g/mol. The van der Waals surface area contributed by atoms with Gasteiger partial charge >= 0.3 is 0 Å². The largest absolute Gasteiger partial charge is 0.348 e. The molecule has 2 aromatic carbocycles. The molecule has 4 nitrogen and oxygen atoms in total. The molecule has 1 aromatic heterocycles. The number of rotatable bonds is 5. The van der Waals surface area contributed by atoms with Crippen LogP contribution >= 0.6 is 11.8 Å². The van der Waals surface area contributed by atoms with Crippen LogP contribution in [0.15, 0.2) is 66.0 Å². The van der Waals surface area contributed by atoms with E-state index in [1.807, 2.05) is 36.6 Å². The lowest BCUT2D eigenvalue weighted by molar-refractivity contribution is 0.0950. The van der Waals surface area contributed by atoms with Crippen molar-refractivity contribution in [3.63, 3.8) is 0 Å². The highest BCUT2D eigenvalue weighted by atomic mass is 32.2. The summed E-state index contributed by atoms with van der Waals surface area (Å²) in [7, 11) is 0. The summed E-state index contributed by atoms with van der Waals surface area (Å²) in [6, 6.07) is 15.8. The van der Waals surface area contributed by atoms with Crippen LogP contribution in [0.25, 0.3) is 11.3 Å². The lowest BCUT2D eigenvalue weighted by Crippen LogP contribution is -2.24. The number of thioether (sulfide) groups is 1. The number of halogens is 1. The van der Waals surface area contributed by atoms with Gasteiger partial charge in [-0.25, -0.2) is 14.4 Å². The molecule has 1 amide bonds. The van der Waals surface area contributed by atoms with Gasteiger partial charge in [-0.3, -0.25) is 4.79 Å². The van der Waals surface area contributed by atoms with E-state index in [1.54, 1.807) is 18.2 Å². The summed E-state index contributed by atoms with van der Waals surface area (Å²) >= 11 is 1.41. The Kier molecular flexibility index (Phi) is 5.40. The second-order valence-electron chi connectivity index (χ2n) is 5.26. The quantitative estimate of drug-likeness (QED) is 0.558. The third-order valence-electron chi connectivity index (χ3n) is 3.64. The average Bonchev–Trinajstić information content (AvgIpc) is 2.67. The summed E-state index contributed by atoms with van der Waals surface area (Å²) < 4.78 is 13.7. The van der Waals surface area contributed by atoms with E-state index in [0.717, 1.165) is 5.56 Å². The maximum Gasteiger partial charge on any atom is 0.255 e. The fourth-order valence-corrected chi connectivity index (χ4v) is 2.70. The van der Waals surface area contributed by atoms with Gasteiger partial charge in [-0.15, -0.1) is 0 Å². The summed E-state index contributed by atoms with van der Waals surface area (Å²) in [4.78, 5) is 21.3. The van der Waals surface area contributed by atoms with Gasteiger partial charge in [-0.1, -0.05) is 60.3 Å². The molecule has 25 heavy (non-hydrogen) atoms. The number of benzene rings is 2. The Labute approximate surface area is 149 Å². The number of nitrogens with zero attached hydrogens (tertiary/aromatic N) is 2. The molecule has 3 rings (SSSR count). The molecule has 6 heteroatoms. The maximum atomic E-state index is 13.7. The van der Waals surface area contributed by atoms with Gasteiger partial charge in [0.15, 0.2) is 5.16 Å². The smallest absolute Gasteiger partial charge is 0.255 e. The second kappa shape index (κ2) is 7.90. The summed E-state index contributed by atoms with van der Waals surface area (Å²) in [5.41, 5.74) is 2.18.